The molecule has 0 saturated heterocycles. The molecule has 0 aliphatic carbocycles. The topological polar surface area (TPSA) is 41.8 Å². The highest BCUT2D eigenvalue weighted by Gasteiger charge is 2.29. The molecule has 1 aliphatic heterocycles. The highest BCUT2D eigenvalue weighted by Crippen LogP contribution is 2.28. The van der Waals surface area contributed by atoms with E-state index in [1.54, 1.807) is 0 Å². The Hall–Kier alpha value is -1.35. The molecule has 0 aromatic heterocycles. The molecule has 1 aliphatic rings. The minimum absolute atomic E-state index is 0.0247. The molecule has 14 heavy (non-hydrogen) atoms. The lowest BCUT2D eigenvalue weighted by atomic mass is 10.0. The van der Waals surface area contributed by atoms with E-state index in [1.807, 2.05) is 37.3 Å². The van der Waals surface area contributed by atoms with Crippen molar-refractivity contribution in [2.75, 3.05) is 6.61 Å². The zero-order valence-corrected chi connectivity index (χ0v) is 8.05. The van der Waals surface area contributed by atoms with E-state index >= 15 is 0 Å². The summed E-state index contributed by atoms with van der Waals surface area (Å²) < 4.78 is 5.54. The van der Waals surface area contributed by atoms with Crippen LogP contribution in [0.4, 0.5) is 0 Å². The van der Waals surface area contributed by atoms with E-state index in [4.69, 9.17) is 9.84 Å². The van der Waals surface area contributed by atoms with Crippen LogP contribution in [0, 0.1) is 0 Å². The van der Waals surface area contributed by atoms with Crippen LogP contribution >= 0.6 is 0 Å². The third-order valence-electron chi connectivity index (χ3n) is 2.31. The quantitative estimate of drug-likeness (QED) is 0.770. The molecule has 1 heterocycles. The number of hydrogen-bond acceptors (Lipinski definition) is 3. The first-order valence-corrected chi connectivity index (χ1v) is 4.68. The number of aliphatic hydroxyl groups excluding tert-OH is 1. The average Bonchev–Trinajstić information content (AvgIpc) is 2.61. The van der Waals surface area contributed by atoms with Crippen molar-refractivity contribution in [3.63, 3.8) is 0 Å². The Morgan fingerprint density at radius 2 is 2.07 bits per heavy atom. The molecule has 0 fully saturated rings. The van der Waals surface area contributed by atoms with Gasteiger partial charge in [-0.1, -0.05) is 30.3 Å². The van der Waals surface area contributed by atoms with Gasteiger partial charge in [0.1, 0.15) is 12.1 Å². The van der Waals surface area contributed by atoms with Gasteiger partial charge < -0.3 is 9.84 Å². The fourth-order valence-electron chi connectivity index (χ4n) is 1.66. The molecule has 0 amide bonds. The summed E-state index contributed by atoms with van der Waals surface area (Å²) in [5, 5.41) is 9.13. The van der Waals surface area contributed by atoms with Gasteiger partial charge in [-0.15, -0.1) is 0 Å². The van der Waals surface area contributed by atoms with Crippen LogP contribution < -0.4 is 0 Å². The lowest BCUT2D eigenvalue weighted by Crippen LogP contribution is -2.17. The first-order chi connectivity index (χ1) is 6.81. The van der Waals surface area contributed by atoms with Crippen LogP contribution in [0.3, 0.4) is 0 Å². The zero-order valence-electron chi connectivity index (χ0n) is 8.05. The Kier molecular flexibility index (Phi) is 2.50. The second kappa shape index (κ2) is 3.80. The van der Waals surface area contributed by atoms with Crippen molar-refractivity contribution in [3.05, 3.63) is 35.9 Å². The van der Waals surface area contributed by atoms with Crippen LogP contribution in [0.5, 0.6) is 0 Å². The Morgan fingerprint density at radius 3 is 2.71 bits per heavy atom. The standard InChI is InChI=1S/C11H13NO2/c1-8-12-10(7-13)11(14-8)9-5-3-2-4-6-9/h2-6,10-11,13H,7H2,1H3/t10-,11-/m0/s1. The number of aliphatic imine (C=N–C) groups is 1. The van der Waals surface area contributed by atoms with Crippen LogP contribution in [0.2, 0.25) is 0 Å². The largest absolute Gasteiger partial charge is 0.471 e. The summed E-state index contributed by atoms with van der Waals surface area (Å²) in [4.78, 5) is 4.21. The fourth-order valence-corrected chi connectivity index (χ4v) is 1.66. The van der Waals surface area contributed by atoms with E-state index in [1.165, 1.54) is 0 Å². The van der Waals surface area contributed by atoms with Crippen LogP contribution in [0.15, 0.2) is 35.3 Å². The molecule has 3 heteroatoms. The van der Waals surface area contributed by atoms with Crippen molar-refractivity contribution in [1.29, 1.82) is 0 Å². The van der Waals surface area contributed by atoms with Gasteiger partial charge in [0.25, 0.3) is 0 Å². The summed E-state index contributed by atoms with van der Waals surface area (Å²) in [5.74, 6) is 0.651. The highest BCUT2D eigenvalue weighted by atomic mass is 16.5. The lowest BCUT2D eigenvalue weighted by molar-refractivity contribution is 0.150. The summed E-state index contributed by atoms with van der Waals surface area (Å²) in [6.07, 6.45) is -0.124. The summed E-state index contributed by atoms with van der Waals surface area (Å²) in [6, 6.07) is 9.70. The van der Waals surface area contributed by atoms with Crippen molar-refractivity contribution < 1.29 is 9.84 Å². The second-order valence-electron chi connectivity index (χ2n) is 3.35. The van der Waals surface area contributed by atoms with E-state index < -0.39 is 0 Å². The molecule has 0 saturated carbocycles. The third-order valence-corrected chi connectivity index (χ3v) is 2.31. The number of hydrogen-bond donors (Lipinski definition) is 1. The highest BCUT2D eigenvalue weighted by molar-refractivity contribution is 5.75. The molecule has 0 spiro atoms. The molecule has 1 N–H and O–H groups in total. The minimum Gasteiger partial charge on any atom is -0.471 e. The predicted molar refractivity (Wildman–Crippen MR) is 54.3 cm³/mol. The van der Waals surface area contributed by atoms with Crippen molar-refractivity contribution in [1.82, 2.24) is 0 Å². The maximum atomic E-state index is 9.13. The summed E-state index contributed by atoms with van der Waals surface area (Å²) in [5.41, 5.74) is 1.06. The van der Waals surface area contributed by atoms with E-state index in [0.29, 0.717) is 5.90 Å². The molecule has 2 rings (SSSR count). The maximum Gasteiger partial charge on any atom is 0.181 e. The van der Waals surface area contributed by atoms with Crippen LogP contribution in [-0.2, 0) is 4.74 Å². The first kappa shape index (κ1) is 9.21. The molecule has 1 aromatic carbocycles. The Balaban J connectivity index is 2.21. The van der Waals surface area contributed by atoms with E-state index in [9.17, 15) is 0 Å². The predicted octanol–water partition coefficient (Wildman–Crippen LogP) is 1.54. The Bertz CT molecular complexity index is 334. The SMILES string of the molecule is CC1=N[C@@H](CO)[C@H](c2ccccc2)O1. The number of nitrogens with zero attached hydrogens (tertiary/aromatic N) is 1. The number of rotatable bonds is 2. The van der Waals surface area contributed by atoms with Gasteiger partial charge in [0.2, 0.25) is 0 Å². The molecule has 0 bridgehead atoms. The molecule has 2 atom stereocenters. The minimum atomic E-state index is -0.155. The molecule has 0 unspecified atom stereocenters. The maximum absolute atomic E-state index is 9.13. The van der Waals surface area contributed by atoms with Gasteiger partial charge in [-0.3, -0.25) is 0 Å². The van der Waals surface area contributed by atoms with Crippen molar-refractivity contribution in [2.24, 2.45) is 4.99 Å². The zero-order chi connectivity index (χ0) is 9.97. The van der Waals surface area contributed by atoms with Gasteiger partial charge in [-0.05, 0) is 5.56 Å². The molecule has 74 valence electrons. The Labute approximate surface area is 83.1 Å². The first-order valence-electron chi connectivity index (χ1n) is 4.68. The third kappa shape index (κ3) is 1.63. The molecular weight excluding hydrogens is 178 g/mol. The smallest absolute Gasteiger partial charge is 0.181 e. The van der Waals surface area contributed by atoms with Crippen LogP contribution in [0.1, 0.15) is 18.6 Å². The van der Waals surface area contributed by atoms with Crippen LogP contribution in [0.25, 0.3) is 0 Å². The number of benzene rings is 1. The monoisotopic (exact) mass is 191 g/mol. The van der Waals surface area contributed by atoms with Crippen LogP contribution in [-0.4, -0.2) is 23.7 Å². The number of aliphatic hydroxyl groups is 1. The van der Waals surface area contributed by atoms with E-state index in [2.05, 4.69) is 4.99 Å². The second-order valence-corrected chi connectivity index (χ2v) is 3.35. The van der Waals surface area contributed by atoms with Gasteiger partial charge in [0.15, 0.2) is 5.90 Å². The van der Waals surface area contributed by atoms with Crippen molar-refractivity contribution in [3.8, 4) is 0 Å². The van der Waals surface area contributed by atoms with Crippen molar-refractivity contribution in [2.45, 2.75) is 19.1 Å². The van der Waals surface area contributed by atoms with Gasteiger partial charge >= 0.3 is 0 Å². The van der Waals surface area contributed by atoms with E-state index in [0.717, 1.165) is 5.56 Å². The Morgan fingerprint density at radius 1 is 1.36 bits per heavy atom. The molecule has 3 nitrogen and oxygen atoms in total. The summed E-state index contributed by atoms with van der Waals surface area (Å²) in [7, 11) is 0. The van der Waals surface area contributed by atoms with Gasteiger partial charge in [0.05, 0.1) is 6.61 Å². The molecular formula is C11H13NO2. The van der Waals surface area contributed by atoms with Gasteiger partial charge in [-0.2, -0.15) is 0 Å². The molecule has 0 radical (unpaired) electrons. The summed E-state index contributed by atoms with van der Waals surface area (Å²) in [6.45, 7) is 1.84. The van der Waals surface area contributed by atoms with Gasteiger partial charge in [-0.25, -0.2) is 4.99 Å². The molecule has 1 aromatic rings. The van der Waals surface area contributed by atoms with Gasteiger partial charge in [0, 0.05) is 6.92 Å². The van der Waals surface area contributed by atoms with Crippen molar-refractivity contribution >= 4 is 5.90 Å². The normalized spacial score (nSPS) is 25.7. The van der Waals surface area contributed by atoms with E-state index in [-0.39, 0.29) is 18.8 Å². The summed E-state index contributed by atoms with van der Waals surface area (Å²) >= 11 is 0. The number of ether oxygens (including phenoxy) is 1. The lowest BCUT2D eigenvalue weighted by Gasteiger charge is -2.15. The average molecular weight is 191 g/mol. The fraction of sp³-hybridized carbons (Fsp3) is 0.364.